The van der Waals surface area contributed by atoms with E-state index < -0.39 is 34.3 Å². The normalized spacial score (nSPS) is 12.6. The Kier molecular flexibility index (Phi) is 5.69. The number of halogens is 3. The zero-order chi connectivity index (χ0) is 16.9. The van der Waals surface area contributed by atoms with Gasteiger partial charge in [-0.3, -0.25) is 14.9 Å². The van der Waals surface area contributed by atoms with E-state index >= 15 is 0 Å². The molecule has 7 nitrogen and oxygen atoms in total. The van der Waals surface area contributed by atoms with Gasteiger partial charge in [-0.05, 0) is 19.1 Å². The molecule has 22 heavy (non-hydrogen) atoms. The number of amides is 1. The molecule has 1 rings (SSSR count). The van der Waals surface area contributed by atoms with E-state index in [4.69, 9.17) is 5.73 Å². The number of rotatable bonds is 6. The molecule has 1 aromatic rings. The maximum atomic E-state index is 12.5. The first-order valence-corrected chi connectivity index (χ1v) is 6.25. The third-order valence-corrected chi connectivity index (χ3v) is 2.68. The predicted molar refractivity (Wildman–Crippen MR) is 73.2 cm³/mol. The Morgan fingerprint density at radius 1 is 1.41 bits per heavy atom. The highest BCUT2D eigenvalue weighted by molar-refractivity contribution is 5.80. The largest absolute Gasteiger partial charge is 0.416 e. The third-order valence-electron chi connectivity index (χ3n) is 2.68. The lowest BCUT2D eigenvalue weighted by Gasteiger charge is -2.11. The van der Waals surface area contributed by atoms with Gasteiger partial charge in [-0.25, -0.2) is 0 Å². The van der Waals surface area contributed by atoms with Gasteiger partial charge in [0.25, 0.3) is 5.69 Å². The summed E-state index contributed by atoms with van der Waals surface area (Å²) in [6.07, 6.45) is -4.66. The van der Waals surface area contributed by atoms with E-state index in [1.54, 1.807) is 0 Å². The van der Waals surface area contributed by atoms with E-state index in [-0.39, 0.29) is 18.8 Å². The molecule has 0 aliphatic heterocycles. The number of carbonyl (C=O) groups excluding carboxylic acids is 1. The first kappa shape index (κ1) is 17.7. The lowest BCUT2D eigenvalue weighted by Crippen LogP contribution is -2.40. The fourth-order valence-electron chi connectivity index (χ4n) is 1.55. The average molecular weight is 320 g/mol. The molecule has 0 spiro atoms. The summed E-state index contributed by atoms with van der Waals surface area (Å²) in [5.41, 5.74) is 3.47. The molecule has 0 aliphatic carbocycles. The Hall–Kier alpha value is -2.36. The molecule has 0 saturated carbocycles. The van der Waals surface area contributed by atoms with Crippen LogP contribution in [0.5, 0.6) is 0 Å². The Bertz CT molecular complexity index is 561. The van der Waals surface area contributed by atoms with Gasteiger partial charge in [0.2, 0.25) is 5.91 Å². The number of carbonyl (C=O) groups is 1. The van der Waals surface area contributed by atoms with Crippen molar-refractivity contribution in [3.63, 3.8) is 0 Å². The quantitative estimate of drug-likeness (QED) is 0.418. The van der Waals surface area contributed by atoms with Crippen LogP contribution < -0.4 is 16.4 Å². The van der Waals surface area contributed by atoms with E-state index in [0.717, 1.165) is 12.1 Å². The number of nitrogens with two attached hydrogens (primary N) is 1. The number of alkyl halides is 3. The number of nitro benzene ring substituents is 1. The van der Waals surface area contributed by atoms with Crippen LogP contribution in [0.4, 0.5) is 24.5 Å². The molecule has 0 aromatic heterocycles. The lowest BCUT2D eigenvalue weighted by atomic mass is 10.1. The minimum Gasteiger partial charge on any atom is -0.378 e. The number of nitrogens with one attached hydrogen (secondary N) is 2. The minimum absolute atomic E-state index is 0.0620. The number of hydrogen-bond donors (Lipinski definition) is 3. The topological polar surface area (TPSA) is 110 Å². The fraction of sp³-hybridized carbons (Fsp3) is 0.417. The number of benzene rings is 1. The van der Waals surface area contributed by atoms with Crippen molar-refractivity contribution >= 4 is 17.3 Å². The molecule has 0 fully saturated rings. The van der Waals surface area contributed by atoms with Gasteiger partial charge in [0, 0.05) is 19.2 Å². The second-order valence-electron chi connectivity index (χ2n) is 4.49. The van der Waals surface area contributed by atoms with Crippen molar-refractivity contribution in [2.75, 3.05) is 18.4 Å². The zero-order valence-electron chi connectivity index (χ0n) is 11.6. The maximum absolute atomic E-state index is 12.5. The van der Waals surface area contributed by atoms with Crippen LogP contribution in [-0.2, 0) is 11.0 Å². The molecule has 122 valence electrons. The van der Waals surface area contributed by atoms with E-state index in [9.17, 15) is 28.1 Å². The molecular formula is C12H15F3N4O3. The first-order valence-electron chi connectivity index (χ1n) is 6.25. The number of anilines is 1. The monoisotopic (exact) mass is 320 g/mol. The Morgan fingerprint density at radius 2 is 2.05 bits per heavy atom. The van der Waals surface area contributed by atoms with E-state index in [1.807, 2.05) is 0 Å². The molecule has 0 heterocycles. The zero-order valence-corrected chi connectivity index (χ0v) is 11.6. The van der Waals surface area contributed by atoms with E-state index in [2.05, 4.69) is 10.6 Å². The van der Waals surface area contributed by atoms with E-state index in [1.165, 1.54) is 6.92 Å². The molecule has 0 aliphatic rings. The molecule has 4 N–H and O–H groups in total. The summed E-state index contributed by atoms with van der Waals surface area (Å²) in [4.78, 5) is 21.1. The number of nitro groups is 1. The van der Waals surface area contributed by atoms with Crippen molar-refractivity contribution in [2.24, 2.45) is 5.73 Å². The van der Waals surface area contributed by atoms with Crippen molar-refractivity contribution in [1.82, 2.24) is 5.32 Å². The highest BCUT2D eigenvalue weighted by atomic mass is 19.4. The molecule has 1 atom stereocenters. The van der Waals surface area contributed by atoms with Crippen molar-refractivity contribution in [3.8, 4) is 0 Å². The fourth-order valence-corrected chi connectivity index (χ4v) is 1.55. The van der Waals surface area contributed by atoms with Crippen molar-refractivity contribution in [2.45, 2.75) is 19.1 Å². The van der Waals surface area contributed by atoms with Gasteiger partial charge >= 0.3 is 6.18 Å². The van der Waals surface area contributed by atoms with Crippen LogP contribution in [0.2, 0.25) is 0 Å². The predicted octanol–water partition coefficient (Wildman–Crippen LogP) is 1.49. The average Bonchev–Trinajstić information content (AvgIpc) is 2.41. The Balaban J connectivity index is 2.75. The second kappa shape index (κ2) is 7.07. The van der Waals surface area contributed by atoms with Gasteiger partial charge in [-0.2, -0.15) is 13.2 Å². The molecular weight excluding hydrogens is 305 g/mol. The minimum atomic E-state index is -4.66. The molecule has 10 heteroatoms. The van der Waals surface area contributed by atoms with Crippen LogP contribution >= 0.6 is 0 Å². The first-order chi connectivity index (χ1) is 10.1. The summed E-state index contributed by atoms with van der Waals surface area (Å²) >= 11 is 0. The van der Waals surface area contributed by atoms with Crippen molar-refractivity contribution < 1.29 is 22.9 Å². The van der Waals surface area contributed by atoms with Crippen LogP contribution in [-0.4, -0.2) is 30.0 Å². The van der Waals surface area contributed by atoms with Crippen LogP contribution in [0.25, 0.3) is 0 Å². The SMILES string of the molecule is C[C@@H](N)C(=O)NCCNc1ccc(C(F)(F)F)cc1[N+](=O)[O-]. The van der Waals surface area contributed by atoms with Crippen molar-refractivity contribution in [3.05, 3.63) is 33.9 Å². The van der Waals surface area contributed by atoms with Gasteiger partial charge in [0.05, 0.1) is 16.5 Å². The summed E-state index contributed by atoms with van der Waals surface area (Å²) in [7, 11) is 0. The van der Waals surface area contributed by atoms with Crippen LogP contribution in [0, 0.1) is 10.1 Å². The summed E-state index contributed by atoms with van der Waals surface area (Å²) in [5, 5.41) is 15.9. The summed E-state index contributed by atoms with van der Waals surface area (Å²) in [6.45, 7) is 1.71. The Labute approximate surface area is 123 Å². The molecule has 0 saturated heterocycles. The third kappa shape index (κ3) is 4.88. The molecule has 0 radical (unpaired) electrons. The maximum Gasteiger partial charge on any atom is 0.416 e. The van der Waals surface area contributed by atoms with Crippen LogP contribution in [0.15, 0.2) is 18.2 Å². The number of nitrogens with zero attached hydrogens (tertiary/aromatic N) is 1. The Morgan fingerprint density at radius 3 is 2.55 bits per heavy atom. The van der Waals surface area contributed by atoms with Crippen LogP contribution in [0.1, 0.15) is 12.5 Å². The van der Waals surface area contributed by atoms with Gasteiger partial charge in [0.1, 0.15) is 5.69 Å². The summed E-state index contributed by atoms with van der Waals surface area (Å²) < 4.78 is 37.6. The van der Waals surface area contributed by atoms with Gasteiger partial charge in [-0.1, -0.05) is 0 Å². The van der Waals surface area contributed by atoms with Gasteiger partial charge in [0.15, 0.2) is 0 Å². The molecule has 0 bridgehead atoms. The highest BCUT2D eigenvalue weighted by Crippen LogP contribution is 2.34. The van der Waals surface area contributed by atoms with E-state index in [0.29, 0.717) is 6.07 Å². The van der Waals surface area contributed by atoms with Gasteiger partial charge < -0.3 is 16.4 Å². The van der Waals surface area contributed by atoms with Crippen molar-refractivity contribution in [1.29, 1.82) is 0 Å². The lowest BCUT2D eigenvalue weighted by molar-refractivity contribution is -0.384. The second-order valence-corrected chi connectivity index (χ2v) is 4.49. The molecule has 0 unspecified atom stereocenters. The van der Waals surface area contributed by atoms with Gasteiger partial charge in [-0.15, -0.1) is 0 Å². The summed E-state index contributed by atoms with van der Waals surface area (Å²) in [5.74, 6) is -0.399. The summed E-state index contributed by atoms with van der Waals surface area (Å²) in [6, 6.07) is 1.49. The smallest absolute Gasteiger partial charge is 0.378 e. The highest BCUT2D eigenvalue weighted by Gasteiger charge is 2.32. The molecule has 1 aromatic carbocycles. The van der Waals surface area contributed by atoms with Crippen LogP contribution in [0.3, 0.4) is 0 Å². The number of hydrogen-bond acceptors (Lipinski definition) is 5. The standard InChI is InChI=1S/C12H15F3N4O3/c1-7(16)11(20)18-5-4-17-9-3-2-8(12(13,14)15)6-10(9)19(21)22/h2-3,6-7,17H,4-5,16H2,1H3,(H,18,20)/t7-/m1/s1. The molecule has 1 amide bonds.